The molecule has 0 aliphatic carbocycles. The molecule has 0 heterocycles. The van der Waals surface area contributed by atoms with Crippen LogP contribution in [-0.4, -0.2) is 69.0 Å². The SMILES string of the molecule is [O]=[Ca][O][Ca]=[O]. The third-order valence-corrected chi connectivity index (χ3v) is 2.83. The van der Waals surface area contributed by atoms with Crippen LogP contribution < -0.4 is 0 Å². The van der Waals surface area contributed by atoms with Crippen LogP contribution in [0.4, 0.5) is 0 Å². The first kappa shape index (κ1) is 7.08. The van der Waals surface area contributed by atoms with Gasteiger partial charge in [0.25, 0.3) is 0 Å². The molecule has 0 fully saturated rings. The predicted octanol–water partition coefficient (Wildman–Crippen LogP) is -1.07. The summed E-state index contributed by atoms with van der Waals surface area (Å²) >= 11 is -3.78. The van der Waals surface area contributed by atoms with Gasteiger partial charge in [0.15, 0.2) is 0 Å². The van der Waals surface area contributed by atoms with E-state index in [2.05, 4.69) is -1.85 Å². The van der Waals surface area contributed by atoms with E-state index in [-0.39, 0.29) is 0 Å². The van der Waals surface area contributed by atoms with Crippen LogP contribution in [0.2, 0.25) is 0 Å². The molecule has 0 amide bonds. The van der Waals surface area contributed by atoms with Crippen molar-refractivity contribution in [1.29, 1.82) is 0 Å². The monoisotopic (exact) mass is 128 g/mol. The Morgan fingerprint density at radius 1 is 1.20 bits per heavy atom. The fraction of sp³-hybridized carbons (Fsp3) is 0. The van der Waals surface area contributed by atoms with E-state index in [9.17, 15) is 2.87 Å². The van der Waals surface area contributed by atoms with Crippen molar-refractivity contribution < 1.29 is 1.02 Å². The van der Waals surface area contributed by atoms with Gasteiger partial charge in [-0.2, -0.15) is 0 Å². The molecule has 0 rings (SSSR count). The molecule has 0 unspecified atom stereocenters. The van der Waals surface area contributed by atoms with E-state index in [1.54, 1.807) is 0 Å². The van der Waals surface area contributed by atoms with E-state index >= 15 is 0 Å². The summed E-state index contributed by atoms with van der Waals surface area (Å²) in [6.07, 6.45) is 0. The van der Waals surface area contributed by atoms with Gasteiger partial charge in [0, 0.05) is 0 Å². The molecule has 0 aliphatic heterocycles. The molecule has 3 nitrogen and oxygen atoms in total. The Balaban J connectivity index is 2.65. The fourth-order valence-corrected chi connectivity index (χ4v) is 0.578. The second kappa shape index (κ2) is 6.08. The summed E-state index contributed by atoms with van der Waals surface area (Å²) in [5.74, 6) is 0. The van der Waals surface area contributed by atoms with Crippen molar-refractivity contribution in [3.8, 4) is 0 Å². The summed E-state index contributed by atoms with van der Waals surface area (Å²) in [4.78, 5) is 0. The van der Waals surface area contributed by atoms with E-state index in [0.29, 0.717) is 0 Å². The summed E-state index contributed by atoms with van der Waals surface area (Å²) in [7, 11) is 0. The van der Waals surface area contributed by atoms with Crippen molar-refractivity contribution in [2.75, 3.05) is 0 Å². The number of hydrogen-bond donors (Lipinski definition) is 0. The van der Waals surface area contributed by atoms with Gasteiger partial charge in [0.2, 0.25) is 0 Å². The van der Waals surface area contributed by atoms with E-state index in [1.165, 1.54) is 0 Å². The molecule has 0 N–H and O–H groups in total. The minimum absolute atomic E-state index is 1.89. The van der Waals surface area contributed by atoms with Crippen LogP contribution >= 0.6 is 0 Å². The Labute approximate surface area is 68.1 Å². The topological polar surface area (TPSA) is 43.4 Å². The second-order valence-corrected chi connectivity index (χ2v) is 4.44. The average Bonchev–Trinajstić information content (AvgIpc) is 1.41. The van der Waals surface area contributed by atoms with E-state index in [1.807, 2.05) is 0 Å². The summed E-state index contributed by atoms with van der Waals surface area (Å²) in [5.41, 5.74) is 0. The van der Waals surface area contributed by atoms with Gasteiger partial charge in [0.05, 0.1) is 0 Å². The first-order chi connectivity index (χ1) is 2.41. The molecule has 0 spiro atoms. The Morgan fingerprint density at radius 2 is 1.60 bits per heavy atom. The zero-order valence-corrected chi connectivity index (χ0v) is 7.06. The maximum atomic E-state index is 9.34. The van der Waals surface area contributed by atoms with Crippen LogP contribution in [0.25, 0.3) is 0 Å². The average molecular weight is 128 g/mol. The van der Waals surface area contributed by atoms with Crippen molar-refractivity contribution in [3.05, 3.63) is 0 Å². The Hall–Kier alpha value is 2.08. The van der Waals surface area contributed by atoms with Gasteiger partial charge >= 0.3 is 70.0 Å². The van der Waals surface area contributed by atoms with Crippen LogP contribution in [0.5, 0.6) is 0 Å². The Bertz CT molecular complexity index is 34.2. The second-order valence-electron chi connectivity index (χ2n) is 0.440. The molecular weight excluding hydrogens is 128 g/mol. The molecule has 0 atom stereocenters. The van der Waals surface area contributed by atoms with Gasteiger partial charge in [-0.05, 0) is 0 Å². The van der Waals surface area contributed by atoms with Crippen molar-refractivity contribution in [2.45, 2.75) is 0 Å². The molecule has 0 aliphatic rings. The standard InChI is InChI=1S/2Ca.3O. The van der Waals surface area contributed by atoms with Gasteiger partial charge in [0.1, 0.15) is 0 Å². The number of rotatable bonds is 2. The fourth-order valence-electron chi connectivity index (χ4n) is 0.0340. The molecule has 0 bridgehead atoms. The summed E-state index contributed by atoms with van der Waals surface area (Å²) in [6, 6.07) is 0. The summed E-state index contributed by atoms with van der Waals surface area (Å²) in [5, 5.41) is 0. The first-order valence-corrected chi connectivity index (χ1v) is 4.76. The number of hydrogen-bond acceptors (Lipinski definition) is 3. The first-order valence-electron chi connectivity index (χ1n) is 1.15. The van der Waals surface area contributed by atoms with E-state index < -0.39 is 69.0 Å². The Kier molecular flexibility index (Phi) is 8.61. The van der Waals surface area contributed by atoms with Crippen molar-refractivity contribution in [1.82, 2.24) is 0 Å². The van der Waals surface area contributed by atoms with Crippen LogP contribution in [-0.2, 0) is 1.02 Å². The van der Waals surface area contributed by atoms with Gasteiger partial charge in [-0.3, -0.25) is 0 Å². The summed E-state index contributed by atoms with van der Waals surface area (Å²) < 4.78 is 22.8. The van der Waals surface area contributed by atoms with Gasteiger partial charge < -0.3 is 0 Å². The zero-order chi connectivity index (χ0) is 4.12. The predicted molar refractivity (Wildman–Crippen MR) is 14.0 cm³/mol. The molecule has 0 saturated carbocycles. The minimum atomic E-state index is -1.89. The quantitative estimate of drug-likeness (QED) is 0.445. The van der Waals surface area contributed by atoms with Crippen molar-refractivity contribution >= 4 is 69.0 Å². The molecule has 5 heteroatoms. The molecule has 5 heavy (non-hydrogen) atoms. The summed E-state index contributed by atoms with van der Waals surface area (Å²) in [6.45, 7) is 0. The van der Waals surface area contributed by atoms with Gasteiger partial charge in [-0.15, -0.1) is 0 Å². The normalized spacial score (nSPS) is 6.40. The van der Waals surface area contributed by atoms with Crippen molar-refractivity contribution in [2.24, 2.45) is 0 Å². The zero-order valence-electron chi connectivity index (χ0n) is 2.64. The van der Waals surface area contributed by atoms with Gasteiger partial charge in [-0.1, -0.05) is 0 Å². The van der Waals surface area contributed by atoms with Gasteiger partial charge in [-0.25, -0.2) is 0 Å². The molecule has 0 aromatic heterocycles. The molecule has 22 valence electrons. The van der Waals surface area contributed by atoms with Crippen molar-refractivity contribution in [3.63, 3.8) is 0 Å². The van der Waals surface area contributed by atoms with Crippen LogP contribution in [0, 0.1) is 0 Å². The van der Waals surface area contributed by atoms with E-state index in [4.69, 9.17) is 0 Å². The Morgan fingerprint density at radius 3 is 1.60 bits per heavy atom. The third kappa shape index (κ3) is 6.08. The molecule has 0 aromatic carbocycles. The third-order valence-electron chi connectivity index (χ3n) is 0.167. The molecule has 6 radical (unpaired) electrons. The van der Waals surface area contributed by atoms with Crippen LogP contribution in [0.15, 0.2) is 0 Å². The maximum absolute atomic E-state index is 9.34. The molecule has 0 aromatic rings. The van der Waals surface area contributed by atoms with E-state index in [0.717, 1.165) is 0 Å². The van der Waals surface area contributed by atoms with Crippen LogP contribution in [0.1, 0.15) is 0 Å². The molecule has 0 saturated heterocycles. The van der Waals surface area contributed by atoms with Crippen LogP contribution in [0.3, 0.4) is 0 Å². The molecular formula is Ca2O3.